The number of hydrogen-bond donors (Lipinski definition) is 2. The average Bonchev–Trinajstić information content (AvgIpc) is 2.62. The molecule has 0 aromatic heterocycles. The lowest BCUT2D eigenvalue weighted by atomic mass is 9.88. The molecule has 25 heavy (non-hydrogen) atoms. The fourth-order valence-electron chi connectivity index (χ4n) is 3.36. The van der Waals surface area contributed by atoms with Crippen molar-refractivity contribution < 1.29 is 19.3 Å². The molecule has 1 heterocycles. The first-order valence-electron chi connectivity index (χ1n) is 8.71. The molecule has 3 rings (SSSR count). The van der Waals surface area contributed by atoms with Crippen LogP contribution in [0.15, 0.2) is 30.3 Å². The summed E-state index contributed by atoms with van der Waals surface area (Å²) in [7, 11) is 1.62. The van der Waals surface area contributed by atoms with Crippen LogP contribution in [0, 0.1) is 0 Å². The first kappa shape index (κ1) is 17.4. The van der Waals surface area contributed by atoms with Gasteiger partial charge in [-0.2, -0.15) is 0 Å². The molecule has 0 aliphatic carbocycles. The molecule has 0 saturated heterocycles. The number of phenolic OH excluding ortho intramolecular Hbond substituents is 1. The Kier molecular flexibility index (Phi) is 5.34. The summed E-state index contributed by atoms with van der Waals surface area (Å²) in [5.41, 5.74) is 3.02. The largest absolute Gasteiger partial charge is 0.507 e. The number of hydrogen-bond acceptors (Lipinski definition) is 5. The van der Waals surface area contributed by atoms with Gasteiger partial charge in [0.05, 0.1) is 31.9 Å². The molecule has 2 aromatic carbocycles. The van der Waals surface area contributed by atoms with Crippen LogP contribution in [0.3, 0.4) is 0 Å². The molecule has 134 valence electrons. The van der Waals surface area contributed by atoms with Gasteiger partial charge in [-0.1, -0.05) is 6.07 Å². The summed E-state index contributed by atoms with van der Waals surface area (Å²) in [6.45, 7) is 5.89. The topological polar surface area (TPSA) is 60.0 Å². The second-order valence-electron chi connectivity index (χ2n) is 5.89. The Morgan fingerprint density at radius 1 is 1.08 bits per heavy atom. The van der Waals surface area contributed by atoms with E-state index in [2.05, 4.69) is 11.4 Å². The number of fused-ring (bicyclic) bond motifs is 1. The number of benzene rings is 2. The van der Waals surface area contributed by atoms with Gasteiger partial charge in [0.1, 0.15) is 11.5 Å². The van der Waals surface area contributed by atoms with Crippen LogP contribution < -0.4 is 19.5 Å². The van der Waals surface area contributed by atoms with E-state index < -0.39 is 0 Å². The first-order chi connectivity index (χ1) is 12.2. The highest BCUT2D eigenvalue weighted by molar-refractivity contribution is 5.56. The highest BCUT2D eigenvalue weighted by Gasteiger charge is 2.28. The van der Waals surface area contributed by atoms with Crippen molar-refractivity contribution in [1.29, 1.82) is 0 Å². The van der Waals surface area contributed by atoms with Gasteiger partial charge in [0.2, 0.25) is 0 Å². The van der Waals surface area contributed by atoms with Crippen LogP contribution in [-0.2, 0) is 6.42 Å². The predicted octanol–water partition coefficient (Wildman–Crippen LogP) is 3.43. The van der Waals surface area contributed by atoms with Gasteiger partial charge in [-0.05, 0) is 55.7 Å². The Balaban J connectivity index is 2.12. The minimum atomic E-state index is -0.158. The van der Waals surface area contributed by atoms with E-state index >= 15 is 0 Å². The second kappa shape index (κ2) is 7.66. The number of phenols is 1. The zero-order valence-electron chi connectivity index (χ0n) is 15.0. The Morgan fingerprint density at radius 2 is 1.80 bits per heavy atom. The van der Waals surface area contributed by atoms with Crippen LogP contribution in [0.25, 0.3) is 0 Å². The van der Waals surface area contributed by atoms with E-state index in [0.29, 0.717) is 19.0 Å². The van der Waals surface area contributed by atoms with E-state index in [1.807, 2.05) is 26.0 Å². The molecular formula is C20H25NO4. The summed E-state index contributed by atoms with van der Waals surface area (Å²) in [4.78, 5) is 0. The lowest BCUT2D eigenvalue weighted by molar-refractivity contribution is 0.286. The Bertz CT molecular complexity index is 745. The molecule has 0 unspecified atom stereocenters. The average molecular weight is 343 g/mol. The van der Waals surface area contributed by atoms with Crippen molar-refractivity contribution in [2.24, 2.45) is 0 Å². The maximum atomic E-state index is 10.4. The van der Waals surface area contributed by atoms with Crippen molar-refractivity contribution in [1.82, 2.24) is 5.32 Å². The zero-order chi connectivity index (χ0) is 17.8. The smallest absolute Gasteiger partial charge is 0.161 e. The first-order valence-corrected chi connectivity index (χ1v) is 8.71. The predicted molar refractivity (Wildman–Crippen MR) is 97.0 cm³/mol. The molecule has 2 aromatic rings. The maximum Gasteiger partial charge on any atom is 0.161 e. The Labute approximate surface area is 148 Å². The molecular weight excluding hydrogens is 318 g/mol. The fraction of sp³-hybridized carbons (Fsp3) is 0.400. The van der Waals surface area contributed by atoms with Gasteiger partial charge in [-0.25, -0.2) is 0 Å². The van der Waals surface area contributed by atoms with Crippen molar-refractivity contribution >= 4 is 0 Å². The van der Waals surface area contributed by atoms with Crippen LogP contribution in [0.5, 0.6) is 23.0 Å². The highest BCUT2D eigenvalue weighted by atomic mass is 16.5. The van der Waals surface area contributed by atoms with Crippen molar-refractivity contribution in [2.75, 3.05) is 26.9 Å². The number of nitrogens with one attached hydrogen (secondary N) is 1. The number of ether oxygens (including phenoxy) is 3. The third kappa shape index (κ3) is 3.37. The molecule has 0 spiro atoms. The van der Waals surface area contributed by atoms with Gasteiger partial charge < -0.3 is 24.6 Å². The normalized spacial score (nSPS) is 16.2. The third-order valence-electron chi connectivity index (χ3n) is 4.41. The minimum absolute atomic E-state index is 0.158. The molecule has 1 atom stereocenters. The zero-order valence-corrected chi connectivity index (χ0v) is 15.0. The van der Waals surface area contributed by atoms with Crippen molar-refractivity contribution in [2.45, 2.75) is 26.3 Å². The molecule has 0 bridgehead atoms. The van der Waals surface area contributed by atoms with Crippen LogP contribution in [0.2, 0.25) is 0 Å². The van der Waals surface area contributed by atoms with E-state index in [-0.39, 0.29) is 11.8 Å². The minimum Gasteiger partial charge on any atom is -0.507 e. The van der Waals surface area contributed by atoms with E-state index in [9.17, 15) is 5.11 Å². The molecule has 1 aliphatic rings. The Morgan fingerprint density at radius 3 is 2.48 bits per heavy atom. The summed E-state index contributed by atoms with van der Waals surface area (Å²) in [5, 5.41) is 13.9. The lowest BCUT2D eigenvalue weighted by Crippen LogP contribution is -2.31. The van der Waals surface area contributed by atoms with E-state index in [4.69, 9.17) is 14.2 Å². The SMILES string of the molecule is CCOc1cc2c(cc1OCC)[C@H](c1c(O)cccc1OC)NCC2. The van der Waals surface area contributed by atoms with Gasteiger partial charge >= 0.3 is 0 Å². The van der Waals surface area contributed by atoms with E-state index in [0.717, 1.165) is 35.6 Å². The monoisotopic (exact) mass is 343 g/mol. The molecule has 0 radical (unpaired) electrons. The van der Waals surface area contributed by atoms with Crippen LogP contribution in [0.4, 0.5) is 0 Å². The van der Waals surface area contributed by atoms with Crippen LogP contribution in [0.1, 0.15) is 36.6 Å². The molecule has 2 N–H and O–H groups in total. The van der Waals surface area contributed by atoms with Gasteiger partial charge in [0.25, 0.3) is 0 Å². The van der Waals surface area contributed by atoms with Crippen LogP contribution in [-0.4, -0.2) is 32.0 Å². The number of aromatic hydroxyl groups is 1. The van der Waals surface area contributed by atoms with Gasteiger partial charge in [0.15, 0.2) is 11.5 Å². The van der Waals surface area contributed by atoms with Gasteiger partial charge in [-0.15, -0.1) is 0 Å². The summed E-state index contributed by atoms with van der Waals surface area (Å²) in [5.74, 6) is 2.38. The van der Waals surface area contributed by atoms with Gasteiger partial charge in [0, 0.05) is 6.54 Å². The van der Waals surface area contributed by atoms with Gasteiger partial charge in [-0.3, -0.25) is 0 Å². The second-order valence-corrected chi connectivity index (χ2v) is 5.89. The van der Waals surface area contributed by atoms with E-state index in [1.165, 1.54) is 5.56 Å². The van der Waals surface area contributed by atoms with Crippen molar-refractivity contribution in [3.8, 4) is 23.0 Å². The molecule has 0 amide bonds. The van der Waals surface area contributed by atoms with Crippen molar-refractivity contribution in [3.63, 3.8) is 0 Å². The van der Waals surface area contributed by atoms with Crippen LogP contribution >= 0.6 is 0 Å². The summed E-state index contributed by atoms with van der Waals surface area (Å²) < 4.78 is 17.0. The Hall–Kier alpha value is -2.40. The third-order valence-corrected chi connectivity index (χ3v) is 4.41. The number of rotatable bonds is 6. The lowest BCUT2D eigenvalue weighted by Gasteiger charge is -2.30. The molecule has 0 fully saturated rings. The fourth-order valence-corrected chi connectivity index (χ4v) is 3.36. The quantitative estimate of drug-likeness (QED) is 0.841. The van der Waals surface area contributed by atoms with Crippen molar-refractivity contribution in [3.05, 3.63) is 47.0 Å². The molecule has 5 heteroatoms. The summed E-state index contributed by atoms with van der Waals surface area (Å²) in [6.07, 6.45) is 0.897. The van der Waals surface area contributed by atoms with E-state index in [1.54, 1.807) is 19.2 Å². The standard InChI is InChI=1S/C20H25NO4/c1-4-24-17-11-13-9-10-21-20(14(13)12-18(17)25-5-2)19-15(22)7-6-8-16(19)23-3/h6-8,11-12,20-22H,4-5,9-10H2,1-3H3/t20-/m1/s1. The maximum absolute atomic E-state index is 10.4. The number of methoxy groups -OCH3 is 1. The molecule has 5 nitrogen and oxygen atoms in total. The summed E-state index contributed by atoms with van der Waals surface area (Å²) >= 11 is 0. The molecule has 0 saturated carbocycles. The summed E-state index contributed by atoms with van der Waals surface area (Å²) in [6, 6.07) is 9.26. The highest BCUT2D eigenvalue weighted by Crippen LogP contribution is 2.42. The molecule has 1 aliphatic heterocycles.